The van der Waals surface area contributed by atoms with Gasteiger partial charge in [0.1, 0.15) is 0 Å². The molecule has 5 nitrogen and oxygen atoms in total. The third-order valence-electron chi connectivity index (χ3n) is 4.29. The van der Waals surface area contributed by atoms with E-state index in [0.717, 1.165) is 17.9 Å². The molecule has 0 aliphatic heterocycles. The lowest BCUT2D eigenvalue weighted by Gasteiger charge is -2.27. The molecule has 1 aromatic heterocycles. The summed E-state index contributed by atoms with van der Waals surface area (Å²) in [5.41, 5.74) is 2.88. The summed E-state index contributed by atoms with van der Waals surface area (Å²) in [5, 5.41) is 13.2. The Morgan fingerprint density at radius 1 is 1.24 bits per heavy atom. The van der Waals surface area contributed by atoms with Gasteiger partial charge in [-0.05, 0) is 46.5 Å². The lowest BCUT2D eigenvalue weighted by atomic mass is 10.1. The predicted octanol–water partition coefficient (Wildman–Crippen LogP) is 2.20. The number of aryl methyl sites for hydroxylation is 1. The zero-order chi connectivity index (χ0) is 18.6. The molecular formula is C20H29N3O2. The second kappa shape index (κ2) is 7.85. The summed E-state index contributed by atoms with van der Waals surface area (Å²) in [5.74, 6) is -0.147. The number of benzene rings is 1. The molecule has 2 N–H and O–H groups in total. The monoisotopic (exact) mass is 343 g/mol. The number of hydrogen-bond acceptors (Lipinski definition) is 3. The van der Waals surface area contributed by atoms with E-state index in [4.69, 9.17) is 0 Å². The second-order valence-corrected chi connectivity index (χ2v) is 7.27. The molecule has 0 radical (unpaired) electrons. The van der Waals surface area contributed by atoms with Crippen LogP contribution in [0.25, 0.3) is 0 Å². The molecular weight excluding hydrogens is 314 g/mol. The minimum atomic E-state index is -0.964. The third-order valence-corrected chi connectivity index (χ3v) is 4.29. The topological polar surface area (TPSA) is 57.5 Å². The molecule has 0 bridgehead atoms. The fraction of sp³-hybridized carbons (Fsp3) is 0.450. The molecule has 136 valence electrons. The van der Waals surface area contributed by atoms with Crippen molar-refractivity contribution in [2.75, 3.05) is 27.2 Å². The molecule has 1 aromatic carbocycles. The van der Waals surface area contributed by atoms with Crippen LogP contribution >= 0.6 is 0 Å². The van der Waals surface area contributed by atoms with E-state index in [1.54, 1.807) is 6.92 Å². The molecule has 0 spiro atoms. The van der Waals surface area contributed by atoms with Crippen LogP contribution in [0.4, 0.5) is 0 Å². The van der Waals surface area contributed by atoms with Gasteiger partial charge in [-0.1, -0.05) is 30.3 Å². The summed E-state index contributed by atoms with van der Waals surface area (Å²) >= 11 is 0. The Hall–Kier alpha value is -2.11. The summed E-state index contributed by atoms with van der Waals surface area (Å²) in [6, 6.07) is 12.1. The van der Waals surface area contributed by atoms with Gasteiger partial charge in [-0.2, -0.15) is 0 Å². The highest BCUT2D eigenvalue weighted by Crippen LogP contribution is 2.17. The average Bonchev–Trinajstić information content (AvgIpc) is 2.81. The van der Waals surface area contributed by atoms with Crippen LogP contribution in [0.3, 0.4) is 0 Å². The van der Waals surface area contributed by atoms with Crippen LogP contribution in [0, 0.1) is 13.8 Å². The zero-order valence-electron chi connectivity index (χ0n) is 15.8. The van der Waals surface area contributed by atoms with Crippen molar-refractivity contribution in [3.8, 4) is 0 Å². The summed E-state index contributed by atoms with van der Waals surface area (Å²) in [4.78, 5) is 14.5. The van der Waals surface area contributed by atoms with Gasteiger partial charge in [-0.15, -0.1) is 0 Å². The van der Waals surface area contributed by atoms with Crippen molar-refractivity contribution in [3.63, 3.8) is 0 Å². The van der Waals surface area contributed by atoms with Crippen LogP contribution in [0.15, 0.2) is 36.4 Å². The van der Waals surface area contributed by atoms with Gasteiger partial charge in [-0.25, -0.2) is 0 Å². The second-order valence-electron chi connectivity index (χ2n) is 7.27. The zero-order valence-corrected chi connectivity index (χ0v) is 15.8. The molecule has 0 saturated heterocycles. The third kappa shape index (κ3) is 5.18. The van der Waals surface area contributed by atoms with Gasteiger partial charge in [0.25, 0.3) is 5.91 Å². The maximum Gasteiger partial charge on any atom is 0.253 e. The van der Waals surface area contributed by atoms with Crippen molar-refractivity contribution in [1.29, 1.82) is 0 Å². The van der Waals surface area contributed by atoms with E-state index in [1.807, 2.05) is 57.1 Å². The highest BCUT2D eigenvalue weighted by Gasteiger charge is 2.23. The number of rotatable bonds is 7. The first kappa shape index (κ1) is 19.2. The first-order valence-corrected chi connectivity index (χ1v) is 8.55. The number of aliphatic hydroxyl groups is 1. The number of nitrogens with one attached hydrogen (secondary N) is 1. The smallest absolute Gasteiger partial charge is 0.253 e. The summed E-state index contributed by atoms with van der Waals surface area (Å²) in [6.07, 6.45) is 0. The van der Waals surface area contributed by atoms with Crippen LogP contribution in [-0.2, 0) is 6.54 Å². The minimum absolute atomic E-state index is 0.147. The van der Waals surface area contributed by atoms with Crippen molar-refractivity contribution in [3.05, 3.63) is 58.9 Å². The molecule has 1 unspecified atom stereocenters. The highest BCUT2D eigenvalue weighted by atomic mass is 16.3. The summed E-state index contributed by atoms with van der Waals surface area (Å²) in [7, 11) is 3.79. The van der Waals surface area contributed by atoms with Crippen molar-refractivity contribution in [2.45, 2.75) is 32.9 Å². The molecule has 1 heterocycles. The van der Waals surface area contributed by atoms with Crippen molar-refractivity contribution in [1.82, 2.24) is 14.8 Å². The first-order valence-electron chi connectivity index (χ1n) is 8.55. The molecule has 0 saturated carbocycles. The van der Waals surface area contributed by atoms with Gasteiger partial charge in [0.05, 0.1) is 11.2 Å². The Bertz CT molecular complexity index is 718. The lowest BCUT2D eigenvalue weighted by Crippen LogP contribution is -2.47. The maximum absolute atomic E-state index is 12.6. The number of hydrogen-bond donors (Lipinski definition) is 2. The van der Waals surface area contributed by atoms with Crippen molar-refractivity contribution < 1.29 is 9.90 Å². The molecule has 5 heteroatoms. The molecule has 1 amide bonds. The van der Waals surface area contributed by atoms with Crippen LogP contribution in [-0.4, -0.2) is 53.3 Å². The number of nitrogens with zero attached hydrogens (tertiary/aromatic N) is 2. The largest absolute Gasteiger partial charge is 0.387 e. The van der Waals surface area contributed by atoms with Crippen molar-refractivity contribution in [2.24, 2.45) is 0 Å². The summed E-state index contributed by atoms with van der Waals surface area (Å²) in [6.45, 7) is 7.14. The number of aromatic nitrogens is 1. The molecule has 0 aliphatic carbocycles. The number of likely N-dealkylation sites (N-methyl/N-ethyl adjacent to an activating group) is 1. The molecule has 2 aromatic rings. The van der Waals surface area contributed by atoms with Gasteiger partial charge in [0, 0.05) is 31.0 Å². The Morgan fingerprint density at radius 3 is 2.48 bits per heavy atom. The molecule has 1 atom stereocenters. The van der Waals surface area contributed by atoms with Crippen LogP contribution in [0.5, 0.6) is 0 Å². The normalized spacial score (nSPS) is 13.7. The van der Waals surface area contributed by atoms with E-state index in [2.05, 4.69) is 22.0 Å². The Labute approximate surface area is 150 Å². The molecule has 0 aliphatic rings. The van der Waals surface area contributed by atoms with Gasteiger partial charge in [-0.3, -0.25) is 4.79 Å². The number of carbonyl (C=O) groups is 1. The maximum atomic E-state index is 12.6. The van der Waals surface area contributed by atoms with E-state index in [9.17, 15) is 9.90 Å². The highest BCUT2D eigenvalue weighted by molar-refractivity contribution is 5.95. The SMILES string of the molecule is Cc1cc(C(=O)NCC(C)(O)CN(C)C)c(C)n1Cc1ccccc1. The van der Waals surface area contributed by atoms with Gasteiger partial charge < -0.3 is 19.9 Å². The Morgan fingerprint density at radius 2 is 1.88 bits per heavy atom. The van der Waals surface area contributed by atoms with Crippen LogP contribution < -0.4 is 5.32 Å². The lowest BCUT2D eigenvalue weighted by molar-refractivity contribution is 0.0326. The fourth-order valence-corrected chi connectivity index (χ4v) is 3.14. The van der Waals surface area contributed by atoms with E-state index < -0.39 is 5.60 Å². The molecule has 25 heavy (non-hydrogen) atoms. The minimum Gasteiger partial charge on any atom is -0.387 e. The average molecular weight is 343 g/mol. The van der Waals surface area contributed by atoms with Crippen LogP contribution in [0.2, 0.25) is 0 Å². The van der Waals surface area contributed by atoms with E-state index >= 15 is 0 Å². The van der Waals surface area contributed by atoms with E-state index in [1.165, 1.54) is 5.56 Å². The van der Waals surface area contributed by atoms with Crippen molar-refractivity contribution >= 4 is 5.91 Å². The van der Waals surface area contributed by atoms with Crippen LogP contribution in [0.1, 0.15) is 34.2 Å². The van der Waals surface area contributed by atoms with E-state index in [0.29, 0.717) is 12.1 Å². The summed E-state index contributed by atoms with van der Waals surface area (Å²) < 4.78 is 2.14. The predicted molar refractivity (Wildman–Crippen MR) is 101 cm³/mol. The van der Waals surface area contributed by atoms with Gasteiger partial charge in [0.15, 0.2) is 0 Å². The molecule has 0 fully saturated rings. The first-order chi connectivity index (χ1) is 11.7. The Balaban J connectivity index is 2.10. The van der Waals surface area contributed by atoms with Gasteiger partial charge >= 0.3 is 0 Å². The Kier molecular flexibility index (Phi) is 6.03. The molecule has 2 rings (SSSR count). The number of amides is 1. The van der Waals surface area contributed by atoms with E-state index in [-0.39, 0.29) is 12.5 Å². The van der Waals surface area contributed by atoms with Gasteiger partial charge in [0.2, 0.25) is 0 Å². The quantitative estimate of drug-likeness (QED) is 0.810. The fourth-order valence-electron chi connectivity index (χ4n) is 3.14. The number of carbonyl (C=O) groups excluding carboxylic acids is 1. The standard InChI is InChI=1S/C20H29N3O2/c1-15-11-18(19(24)21-13-20(3,25)14-22(4)5)16(2)23(15)12-17-9-7-6-8-10-17/h6-11,25H,12-14H2,1-5H3,(H,21,24).